The fraction of sp³-hybridized carbons (Fsp3) is 0.250. The van der Waals surface area contributed by atoms with Crippen LogP contribution < -0.4 is 10.1 Å². The third-order valence-corrected chi connectivity index (χ3v) is 3.91. The summed E-state index contributed by atoms with van der Waals surface area (Å²) < 4.78 is 6.97. The van der Waals surface area contributed by atoms with Gasteiger partial charge < -0.3 is 10.1 Å². The lowest BCUT2D eigenvalue weighted by Crippen LogP contribution is -2.11. The molecule has 0 atom stereocenters. The smallest absolute Gasteiger partial charge is 0.218 e. The Labute approximate surface area is 127 Å². The summed E-state index contributed by atoms with van der Waals surface area (Å²) in [4.78, 5) is 8.72. The SMILES string of the molecule is CC(C)Oc1ncccc1CNc1nccc2sccc12. The van der Waals surface area contributed by atoms with E-state index in [1.165, 1.54) is 4.70 Å². The zero-order valence-corrected chi connectivity index (χ0v) is 12.9. The van der Waals surface area contributed by atoms with Crippen LogP contribution in [0.25, 0.3) is 10.1 Å². The molecule has 0 aliphatic heterocycles. The highest BCUT2D eigenvalue weighted by atomic mass is 32.1. The highest BCUT2D eigenvalue weighted by Gasteiger charge is 2.08. The average Bonchev–Trinajstić information content (AvgIpc) is 2.95. The summed E-state index contributed by atoms with van der Waals surface area (Å²) in [7, 11) is 0. The molecule has 0 aromatic carbocycles. The Balaban J connectivity index is 1.80. The molecule has 5 heteroatoms. The van der Waals surface area contributed by atoms with Crippen molar-refractivity contribution in [2.75, 3.05) is 5.32 Å². The molecule has 0 aliphatic rings. The van der Waals surface area contributed by atoms with E-state index in [0.29, 0.717) is 12.4 Å². The van der Waals surface area contributed by atoms with Gasteiger partial charge in [-0.2, -0.15) is 0 Å². The van der Waals surface area contributed by atoms with Gasteiger partial charge in [-0.3, -0.25) is 0 Å². The number of hydrogen-bond donors (Lipinski definition) is 1. The van der Waals surface area contributed by atoms with E-state index >= 15 is 0 Å². The van der Waals surface area contributed by atoms with Crippen LogP contribution in [0.4, 0.5) is 5.82 Å². The number of rotatable bonds is 5. The predicted octanol–water partition coefficient (Wildman–Crippen LogP) is 4.09. The number of aromatic nitrogens is 2. The topological polar surface area (TPSA) is 47.0 Å². The van der Waals surface area contributed by atoms with Crippen LogP contribution in [0.3, 0.4) is 0 Å². The van der Waals surface area contributed by atoms with E-state index in [1.54, 1.807) is 17.5 Å². The number of thiophene rings is 1. The molecule has 0 unspecified atom stereocenters. The minimum atomic E-state index is 0.108. The summed E-state index contributed by atoms with van der Waals surface area (Å²) >= 11 is 1.72. The molecule has 1 N–H and O–H groups in total. The molecule has 4 nitrogen and oxygen atoms in total. The fourth-order valence-electron chi connectivity index (χ4n) is 2.10. The summed E-state index contributed by atoms with van der Waals surface area (Å²) in [5, 5.41) is 6.61. The maximum absolute atomic E-state index is 5.74. The number of anilines is 1. The molecule has 0 radical (unpaired) electrons. The third-order valence-electron chi connectivity index (χ3n) is 3.02. The summed E-state index contributed by atoms with van der Waals surface area (Å²) in [6, 6.07) is 8.06. The Bertz CT molecular complexity index is 739. The molecule has 0 aliphatic carbocycles. The zero-order chi connectivity index (χ0) is 14.7. The number of nitrogens with zero attached hydrogens (tertiary/aromatic N) is 2. The molecule has 0 fully saturated rings. The van der Waals surface area contributed by atoms with E-state index in [9.17, 15) is 0 Å². The van der Waals surface area contributed by atoms with Crippen molar-refractivity contribution in [2.24, 2.45) is 0 Å². The fourth-order valence-corrected chi connectivity index (χ4v) is 2.88. The lowest BCUT2D eigenvalue weighted by Gasteiger charge is -2.13. The second-order valence-electron chi connectivity index (χ2n) is 4.98. The first-order valence-electron chi connectivity index (χ1n) is 6.90. The minimum absolute atomic E-state index is 0.108. The van der Waals surface area contributed by atoms with Gasteiger partial charge in [0.15, 0.2) is 0 Å². The lowest BCUT2D eigenvalue weighted by atomic mass is 10.2. The minimum Gasteiger partial charge on any atom is -0.475 e. The van der Waals surface area contributed by atoms with Crippen LogP contribution in [0.15, 0.2) is 42.0 Å². The van der Waals surface area contributed by atoms with Gasteiger partial charge in [-0.15, -0.1) is 11.3 Å². The van der Waals surface area contributed by atoms with Crippen LogP contribution in [-0.4, -0.2) is 16.1 Å². The highest BCUT2D eigenvalue weighted by molar-refractivity contribution is 7.17. The van der Waals surface area contributed by atoms with Gasteiger partial charge in [0.1, 0.15) is 5.82 Å². The van der Waals surface area contributed by atoms with Crippen LogP contribution in [0.1, 0.15) is 19.4 Å². The first-order valence-corrected chi connectivity index (χ1v) is 7.78. The Kier molecular flexibility index (Phi) is 4.01. The number of nitrogens with one attached hydrogen (secondary N) is 1. The Morgan fingerprint density at radius 3 is 2.95 bits per heavy atom. The largest absolute Gasteiger partial charge is 0.475 e. The summed E-state index contributed by atoms with van der Waals surface area (Å²) in [6.07, 6.45) is 3.69. The third kappa shape index (κ3) is 3.13. The number of pyridine rings is 2. The summed E-state index contributed by atoms with van der Waals surface area (Å²) in [5.41, 5.74) is 1.03. The normalized spacial score (nSPS) is 11.0. The Morgan fingerprint density at radius 2 is 2.10 bits per heavy atom. The van der Waals surface area contributed by atoms with E-state index in [0.717, 1.165) is 16.8 Å². The van der Waals surface area contributed by atoms with Crippen molar-refractivity contribution < 1.29 is 4.74 Å². The van der Waals surface area contributed by atoms with Crippen LogP contribution in [0, 0.1) is 0 Å². The van der Waals surface area contributed by atoms with Crippen LogP contribution >= 0.6 is 11.3 Å². The molecule has 0 saturated carbocycles. The van der Waals surface area contributed by atoms with Crippen molar-refractivity contribution >= 4 is 27.2 Å². The maximum Gasteiger partial charge on any atom is 0.218 e. The molecular formula is C16H17N3OS. The molecule has 0 spiro atoms. The van der Waals surface area contributed by atoms with Gasteiger partial charge in [-0.25, -0.2) is 9.97 Å². The monoisotopic (exact) mass is 299 g/mol. The molecule has 108 valence electrons. The molecule has 0 bridgehead atoms. The molecule has 0 amide bonds. The second-order valence-corrected chi connectivity index (χ2v) is 5.93. The quantitative estimate of drug-likeness (QED) is 0.771. The van der Waals surface area contributed by atoms with E-state index in [-0.39, 0.29) is 6.10 Å². The van der Waals surface area contributed by atoms with Gasteiger partial charge in [0.2, 0.25) is 5.88 Å². The van der Waals surface area contributed by atoms with Gasteiger partial charge in [-0.1, -0.05) is 6.07 Å². The Hall–Kier alpha value is -2.14. The maximum atomic E-state index is 5.74. The van der Waals surface area contributed by atoms with Crippen molar-refractivity contribution in [3.05, 3.63) is 47.6 Å². The number of hydrogen-bond acceptors (Lipinski definition) is 5. The molecule has 0 saturated heterocycles. The van der Waals surface area contributed by atoms with Crippen LogP contribution in [-0.2, 0) is 6.54 Å². The van der Waals surface area contributed by atoms with Gasteiger partial charge in [-0.05, 0) is 37.4 Å². The van der Waals surface area contributed by atoms with Crippen LogP contribution in [0.2, 0.25) is 0 Å². The first-order chi connectivity index (χ1) is 10.2. The van der Waals surface area contributed by atoms with Gasteiger partial charge in [0.05, 0.1) is 6.10 Å². The molecule has 3 rings (SSSR count). The van der Waals surface area contributed by atoms with E-state index in [1.807, 2.05) is 38.2 Å². The lowest BCUT2D eigenvalue weighted by molar-refractivity contribution is 0.230. The predicted molar refractivity (Wildman–Crippen MR) is 86.9 cm³/mol. The molecular weight excluding hydrogens is 282 g/mol. The summed E-state index contributed by atoms with van der Waals surface area (Å²) in [6.45, 7) is 4.64. The highest BCUT2D eigenvalue weighted by Crippen LogP contribution is 2.26. The number of ether oxygens (including phenoxy) is 1. The van der Waals surface area contributed by atoms with E-state index in [4.69, 9.17) is 4.74 Å². The second kappa shape index (κ2) is 6.10. The summed E-state index contributed by atoms with van der Waals surface area (Å²) in [5.74, 6) is 1.57. The Morgan fingerprint density at radius 1 is 1.19 bits per heavy atom. The van der Waals surface area contributed by atoms with E-state index < -0.39 is 0 Å². The average molecular weight is 299 g/mol. The molecule has 3 aromatic heterocycles. The van der Waals surface area contributed by atoms with Gasteiger partial charge >= 0.3 is 0 Å². The molecule has 3 heterocycles. The first kappa shape index (κ1) is 13.8. The van der Waals surface area contributed by atoms with E-state index in [2.05, 4.69) is 26.7 Å². The van der Waals surface area contributed by atoms with Crippen molar-refractivity contribution in [1.29, 1.82) is 0 Å². The van der Waals surface area contributed by atoms with Crippen LogP contribution in [0.5, 0.6) is 5.88 Å². The van der Waals surface area contributed by atoms with Crippen molar-refractivity contribution in [1.82, 2.24) is 9.97 Å². The number of fused-ring (bicyclic) bond motifs is 1. The van der Waals surface area contributed by atoms with Crippen molar-refractivity contribution in [2.45, 2.75) is 26.5 Å². The van der Waals surface area contributed by atoms with Gasteiger partial charge in [0.25, 0.3) is 0 Å². The molecule has 3 aromatic rings. The van der Waals surface area contributed by atoms with Crippen molar-refractivity contribution in [3.63, 3.8) is 0 Å². The van der Waals surface area contributed by atoms with Gasteiger partial charge in [0, 0.05) is 34.6 Å². The van der Waals surface area contributed by atoms with Crippen molar-refractivity contribution in [3.8, 4) is 5.88 Å². The zero-order valence-electron chi connectivity index (χ0n) is 12.0. The standard InChI is InChI=1S/C16H17N3OS/c1-11(2)20-16-12(4-3-7-18-16)10-19-15-13-6-9-21-14(13)5-8-17-15/h3-9,11H,10H2,1-2H3,(H,17,19). The molecule has 21 heavy (non-hydrogen) atoms.